The third kappa shape index (κ3) is 5.10. The summed E-state index contributed by atoms with van der Waals surface area (Å²) in [7, 11) is -0.561. The number of carbonyl (C=O) groups is 2. The SMILES string of the molecule is CCC1CCCCN1C(=O)CS(=O)(=O)CC(=O)N=c1sc2cc(OC)ccc2n1C. The zero-order chi connectivity index (χ0) is 21.9. The lowest BCUT2D eigenvalue weighted by molar-refractivity contribution is -0.132. The van der Waals surface area contributed by atoms with Crippen LogP contribution in [0.5, 0.6) is 5.75 Å². The van der Waals surface area contributed by atoms with E-state index in [1.807, 2.05) is 19.1 Å². The molecule has 2 aromatic rings. The van der Waals surface area contributed by atoms with Crippen molar-refractivity contribution in [1.82, 2.24) is 9.47 Å². The van der Waals surface area contributed by atoms with Gasteiger partial charge in [0.15, 0.2) is 14.6 Å². The van der Waals surface area contributed by atoms with E-state index in [0.29, 0.717) is 17.1 Å². The highest BCUT2D eigenvalue weighted by Gasteiger charge is 2.29. The average Bonchev–Trinajstić information content (AvgIpc) is 3.01. The van der Waals surface area contributed by atoms with E-state index in [1.54, 1.807) is 29.7 Å². The number of sulfone groups is 1. The van der Waals surface area contributed by atoms with Gasteiger partial charge in [0, 0.05) is 19.6 Å². The van der Waals surface area contributed by atoms with Crippen LogP contribution in [0, 0.1) is 0 Å². The molecule has 2 amide bonds. The van der Waals surface area contributed by atoms with Crippen molar-refractivity contribution in [1.29, 1.82) is 0 Å². The average molecular weight is 454 g/mol. The van der Waals surface area contributed by atoms with Crippen molar-refractivity contribution in [3.63, 3.8) is 0 Å². The molecule has 0 radical (unpaired) electrons. The fourth-order valence-electron chi connectivity index (χ4n) is 3.75. The first-order valence-corrected chi connectivity index (χ1v) is 12.6. The Morgan fingerprint density at radius 3 is 2.73 bits per heavy atom. The van der Waals surface area contributed by atoms with Gasteiger partial charge in [0.25, 0.3) is 5.91 Å². The smallest absolute Gasteiger partial charge is 0.263 e. The van der Waals surface area contributed by atoms with E-state index < -0.39 is 33.2 Å². The van der Waals surface area contributed by atoms with Crippen LogP contribution < -0.4 is 9.54 Å². The predicted molar refractivity (Wildman–Crippen MR) is 116 cm³/mol. The van der Waals surface area contributed by atoms with Gasteiger partial charge in [-0.3, -0.25) is 9.59 Å². The molecule has 164 valence electrons. The molecule has 3 rings (SSSR count). The molecule has 1 aromatic heterocycles. The second kappa shape index (κ2) is 9.30. The number of aryl methyl sites for hydroxylation is 1. The highest BCUT2D eigenvalue weighted by Crippen LogP contribution is 2.22. The number of ether oxygens (including phenoxy) is 1. The number of amides is 2. The number of rotatable bonds is 6. The molecule has 8 nitrogen and oxygen atoms in total. The predicted octanol–water partition coefficient (Wildman–Crippen LogP) is 1.88. The zero-order valence-corrected chi connectivity index (χ0v) is 19.1. The summed E-state index contributed by atoms with van der Waals surface area (Å²) in [5, 5.41) is 0. The lowest BCUT2D eigenvalue weighted by atomic mass is 10.0. The first kappa shape index (κ1) is 22.5. The van der Waals surface area contributed by atoms with E-state index in [0.717, 1.165) is 35.9 Å². The molecule has 1 unspecified atom stereocenters. The standard InChI is InChI=1S/C20H27N3O5S2/c1-4-14-7-5-6-10-23(14)19(25)13-30(26,27)12-18(24)21-20-22(2)16-9-8-15(28-3)11-17(16)29-20/h8-9,11,14H,4-7,10,12-13H2,1-3H3. The monoisotopic (exact) mass is 453 g/mol. The third-order valence-corrected chi connectivity index (χ3v) is 7.81. The number of piperidine rings is 1. The van der Waals surface area contributed by atoms with E-state index in [-0.39, 0.29) is 6.04 Å². The molecule has 30 heavy (non-hydrogen) atoms. The molecular formula is C20H27N3O5S2. The summed E-state index contributed by atoms with van der Waals surface area (Å²) < 4.78 is 32.8. The fourth-order valence-corrected chi connectivity index (χ4v) is 5.90. The lowest BCUT2D eigenvalue weighted by Crippen LogP contribution is -2.46. The summed E-state index contributed by atoms with van der Waals surface area (Å²) in [6.07, 6.45) is 3.62. The Kier molecular flexibility index (Phi) is 6.97. The van der Waals surface area contributed by atoms with Gasteiger partial charge in [0.2, 0.25) is 5.91 Å². The largest absolute Gasteiger partial charge is 0.497 e. The first-order valence-electron chi connectivity index (χ1n) is 9.95. The highest BCUT2D eigenvalue weighted by atomic mass is 32.2. The molecule has 1 fully saturated rings. The van der Waals surface area contributed by atoms with Gasteiger partial charge in [-0.25, -0.2) is 8.42 Å². The number of hydrogen-bond acceptors (Lipinski definition) is 6. The van der Waals surface area contributed by atoms with Crippen LogP contribution in [0.2, 0.25) is 0 Å². The minimum atomic E-state index is -3.89. The summed E-state index contributed by atoms with van der Waals surface area (Å²) >= 11 is 1.27. The Hall–Kier alpha value is -2.20. The van der Waals surface area contributed by atoms with Gasteiger partial charge >= 0.3 is 0 Å². The Balaban J connectivity index is 1.74. The van der Waals surface area contributed by atoms with Crippen molar-refractivity contribution < 1.29 is 22.7 Å². The van der Waals surface area contributed by atoms with Gasteiger partial charge in [0.1, 0.15) is 17.3 Å². The Morgan fingerprint density at radius 2 is 2.03 bits per heavy atom. The molecule has 1 aliphatic rings. The molecule has 10 heteroatoms. The number of methoxy groups -OCH3 is 1. The van der Waals surface area contributed by atoms with Gasteiger partial charge < -0.3 is 14.2 Å². The van der Waals surface area contributed by atoms with E-state index in [2.05, 4.69) is 4.99 Å². The number of thiazole rings is 1. The van der Waals surface area contributed by atoms with E-state index in [4.69, 9.17) is 4.74 Å². The molecule has 1 aliphatic heterocycles. The van der Waals surface area contributed by atoms with Crippen LogP contribution in [0.15, 0.2) is 23.2 Å². The summed E-state index contributed by atoms with van der Waals surface area (Å²) in [4.78, 5) is 30.9. The molecule has 1 atom stereocenters. The summed E-state index contributed by atoms with van der Waals surface area (Å²) in [6, 6.07) is 5.57. The van der Waals surface area contributed by atoms with Crippen molar-refractivity contribution in [3.8, 4) is 5.75 Å². The third-order valence-electron chi connectivity index (χ3n) is 5.34. The quantitative estimate of drug-likeness (QED) is 0.665. The highest BCUT2D eigenvalue weighted by molar-refractivity contribution is 7.92. The number of carbonyl (C=O) groups excluding carboxylic acids is 2. The van der Waals surface area contributed by atoms with Gasteiger partial charge in [0.05, 0.1) is 17.3 Å². The maximum Gasteiger partial charge on any atom is 0.263 e. The van der Waals surface area contributed by atoms with Gasteiger partial charge in [-0.05, 0) is 43.9 Å². The van der Waals surface area contributed by atoms with Crippen molar-refractivity contribution >= 4 is 43.2 Å². The fraction of sp³-hybridized carbons (Fsp3) is 0.550. The molecule has 0 aliphatic carbocycles. The van der Waals surface area contributed by atoms with Gasteiger partial charge in [-0.2, -0.15) is 4.99 Å². The van der Waals surface area contributed by atoms with E-state index in [9.17, 15) is 18.0 Å². The molecule has 0 spiro atoms. The van der Waals surface area contributed by atoms with E-state index in [1.165, 1.54) is 11.3 Å². The van der Waals surface area contributed by atoms with Crippen LogP contribution in [0.25, 0.3) is 10.2 Å². The number of aromatic nitrogens is 1. The minimum absolute atomic E-state index is 0.0800. The Bertz CT molecular complexity index is 1120. The van der Waals surface area contributed by atoms with Crippen LogP contribution in [-0.2, 0) is 26.5 Å². The molecule has 2 heterocycles. The maximum absolute atomic E-state index is 12.5. The van der Waals surface area contributed by atoms with Crippen LogP contribution >= 0.6 is 11.3 Å². The van der Waals surface area contributed by atoms with Gasteiger partial charge in [-0.15, -0.1) is 0 Å². The molecule has 1 aromatic carbocycles. The van der Waals surface area contributed by atoms with Crippen LogP contribution in [0.3, 0.4) is 0 Å². The number of benzene rings is 1. The summed E-state index contributed by atoms with van der Waals surface area (Å²) in [6.45, 7) is 2.57. The zero-order valence-electron chi connectivity index (χ0n) is 17.5. The number of hydrogen-bond donors (Lipinski definition) is 0. The molecule has 0 bridgehead atoms. The Morgan fingerprint density at radius 1 is 1.27 bits per heavy atom. The van der Waals surface area contributed by atoms with E-state index >= 15 is 0 Å². The van der Waals surface area contributed by atoms with Crippen LogP contribution in [0.1, 0.15) is 32.6 Å². The van der Waals surface area contributed by atoms with Gasteiger partial charge in [-0.1, -0.05) is 18.3 Å². The van der Waals surface area contributed by atoms with Crippen LogP contribution in [0.4, 0.5) is 0 Å². The van der Waals surface area contributed by atoms with Crippen molar-refractivity contribution in [2.75, 3.05) is 25.2 Å². The molecule has 1 saturated heterocycles. The topological polar surface area (TPSA) is 98.0 Å². The van der Waals surface area contributed by atoms with Crippen molar-refractivity contribution in [2.45, 2.75) is 38.6 Å². The van der Waals surface area contributed by atoms with Crippen LogP contribution in [-0.4, -0.2) is 60.9 Å². The molecule has 0 saturated carbocycles. The first-order chi connectivity index (χ1) is 14.2. The minimum Gasteiger partial charge on any atom is -0.497 e. The van der Waals surface area contributed by atoms with Crippen molar-refractivity contribution in [2.24, 2.45) is 12.0 Å². The number of likely N-dealkylation sites (tertiary alicyclic amines) is 1. The maximum atomic E-state index is 12.5. The number of nitrogens with zero attached hydrogens (tertiary/aromatic N) is 3. The summed E-state index contributed by atoms with van der Waals surface area (Å²) in [5.41, 5.74) is 0.862. The molecule has 0 N–H and O–H groups in total. The Labute approximate surface area is 180 Å². The normalized spacial score (nSPS) is 18.0. The molecular weight excluding hydrogens is 426 g/mol. The van der Waals surface area contributed by atoms with Crippen molar-refractivity contribution in [3.05, 3.63) is 23.0 Å². The second-order valence-corrected chi connectivity index (χ2v) is 10.5. The second-order valence-electron chi connectivity index (χ2n) is 7.46. The summed E-state index contributed by atoms with van der Waals surface area (Å²) in [5.74, 6) is -1.94. The number of fused-ring (bicyclic) bond motifs is 1. The lowest BCUT2D eigenvalue weighted by Gasteiger charge is -2.35.